The zero-order valence-electron chi connectivity index (χ0n) is 10.8. The van der Waals surface area contributed by atoms with Crippen molar-refractivity contribution in [3.8, 4) is 0 Å². The third kappa shape index (κ3) is 5.75. The first kappa shape index (κ1) is 14.6. The highest BCUT2D eigenvalue weighted by molar-refractivity contribution is 5.32. The Hall–Kier alpha value is -1.46. The maximum atomic E-state index is 10.5. The molecule has 5 nitrogen and oxygen atoms in total. The molecular formula is C13H20N2O3. The Balaban J connectivity index is 2.25. The van der Waals surface area contributed by atoms with E-state index in [-0.39, 0.29) is 5.69 Å². The van der Waals surface area contributed by atoms with Crippen molar-refractivity contribution in [3.05, 3.63) is 39.9 Å². The van der Waals surface area contributed by atoms with Gasteiger partial charge in [-0.05, 0) is 45.3 Å². The molecule has 18 heavy (non-hydrogen) atoms. The van der Waals surface area contributed by atoms with Crippen LogP contribution in [0.3, 0.4) is 0 Å². The molecule has 0 heterocycles. The third-order valence-corrected chi connectivity index (χ3v) is 2.65. The fourth-order valence-corrected chi connectivity index (χ4v) is 1.54. The lowest BCUT2D eigenvalue weighted by atomic mass is 10.1. The second-order valence-corrected chi connectivity index (χ2v) is 4.99. The Morgan fingerprint density at radius 3 is 2.39 bits per heavy atom. The lowest BCUT2D eigenvalue weighted by molar-refractivity contribution is -0.384. The summed E-state index contributed by atoms with van der Waals surface area (Å²) in [5.74, 6) is 0. The smallest absolute Gasteiger partial charge is 0.269 e. The minimum atomic E-state index is -0.639. The van der Waals surface area contributed by atoms with E-state index in [9.17, 15) is 15.2 Å². The summed E-state index contributed by atoms with van der Waals surface area (Å²) in [4.78, 5) is 10.1. The number of benzene rings is 1. The minimum Gasteiger partial charge on any atom is -0.390 e. The second-order valence-electron chi connectivity index (χ2n) is 4.99. The lowest BCUT2D eigenvalue weighted by Gasteiger charge is -2.16. The van der Waals surface area contributed by atoms with Crippen LogP contribution < -0.4 is 5.32 Å². The largest absolute Gasteiger partial charge is 0.390 e. The van der Waals surface area contributed by atoms with Gasteiger partial charge in [0.2, 0.25) is 0 Å². The van der Waals surface area contributed by atoms with E-state index in [0.717, 1.165) is 25.1 Å². The fourth-order valence-electron chi connectivity index (χ4n) is 1.54. The second kappa shape index (κ2) is 6.47. The highest BCUT2D eigenvalue weighted by Crippen LogP contribution is 2.12. The predicted octanol–water partition coefficient (Wildman–Crippen LogP) is 1.89. The number of nitro benzene ring substituents is 1. The maximum absolute atomic E-state index is 10.5. The van der Waals surface area contributed by atoms with Gasteiger partial charge in [-0.2, -0.15) is 0 Å². The summed E-state index contributed by atoms with van der Waals surface area (Å²) < 4.78 is 0. The molecule has 0 amide bonds. The van der Waals surface area contributed by atoms with Gasteiger partial charge < -0.3 is 10.4 Å². The van der Waals surface area contributed by atoms with Crippen LogP contribution in [0.15, 0.2) is 24.3 Å². The Labute approximate surface area is 107 Å². The Bertz CT molecular complexity index is 382. The average Bonchev–Trinajstić information content (AvgIpc) is 2.27. The van der Waals surface area contributed by atoms with Crippen LogP contribution in [0.25, 0.3) is 0 Å². The molecule has 0 radical (unpaired) electrons. The molecule has 0 unspecified atom stereocenters. The van der Waals surface area contributed by atoms with Gasteiger partial charge in [0, 0.05) is 12.1 Å². The van der Waals surface area contributed by atoms with Crippen LogP contribution in [0.2, 0.25) is 0 Å². The monoisotopic (exact) mass is 252 g/mol. The number of hydrogen-bond donors (Lipinski definition) is 2. The van der Waals surface area contributed by atoms with E-state index in [4.69, 9.17) is 0 Å². The number of nitrogens with zero attached hydrogens (tertiary/aromatic N) is 1. The molecule has 0 bridgehead atoms. The van der Waals surface area contributed by atoms with Gasteiger partial charge in [0.25, 0.3) is 5.69 Å². The summed E-state index contributed by atoms with van der Waals surface area (Å²) in [7, 11) is 0. The molecule has 0 spiro atoms. The third-order valence-electron chi connectivity index (χ3n) is 2.65. The van der Waals surface area contributed by atoms with E-state index in [1.165, 1.54) is 12.1 Å². The number of rotatable bonds is 7. The first-order chi connectivity index (χ1) is 8.38. The highest BCUT2D eigenvalue weighted by Gasteiger charge is 2.10. The molecule has 100 valence electrons. The maximum Gasteiger partial charge on any atom is 0.269 e. The van der Waals surface area contributed by atoms with E-state index in [1.807, 2.05) is 0 Å². The molecule has 0 saturated carbocycles. The first-order valence-corrected chi connectivity index (χ1v) is 6.05. The molecule has 2 N–H and O–H groups in total. The van der Waals surface area contributed by atoms with Crippen molar-refractivity contribution < 1.29 is 10.0 Å². The van der Waals surface area contributed by atoms with E-state index < -0.39 is 10.5 Å². The Kier molecular flexibility index (Phi) is 5.25. The van der Waals surface area contributed by atoms with E-state index in [1.54, 1.807) is 26.0 Å². The van der Waals surface area contributed by atoms with Gasteiger partial charge in [-0.15, -0.1) is 0 Å². The molecule has 5 heteroatoms. The molecule has 0 saturated heterocycles. The normalized spacial score (nSPS) is 11.5. The number of nitrogens with one attached hydrogen (secondary N) is 1. The number of aliphatic hydroxyl groups is 1. The van der Waals surface area contributed by atoms with Gasteiger partial charge in [-0.25, -0.2) is 0 Å². The zero-order chi connectivity index (χ0) is 13.6. The topological polar surface area (TPSA) is 75.4 Å². The summed E-state index contributed by atoms with van der Waals surface area (Å²) in [6, 6.07) is 6.59. The van der Waals surface area contributed by atoms with E-state index >= 15 is 0 Å². The molecule has 0 aliphatic rings. The van der Waals surface area contributed by atoms with Gasteiger partial charge in [0.1, 0.15) is 0 Å². The van der Waals surface area contributed by atoms with Crippen LogP contribution in [0.5, 0.6) is 0 Å². The molecule has 0 aliphatic carbocycles. The van der Waals surface area contributed by atoms with Gasteiger partial charge in [-0.3, -0.25) is 10.1 Å². The summed E-state index contributed by atoms with van der Waals surface area (Å²) in [6.45, 7) is 5.13. The van der Waals surface area contributed by atoms with Crippen LogP contribution in [0.4, 0.5) is 5.69 Å². The van der Waals surface area contributed by atoms with Crippen LogP contribution in [0.1, 0.15) is 25.8 Å². The van der Waals surface area contributed by atoms with Crippen molar-refractivity contribution in [1.29, 1.82) is 0 Å². The van der Waals surface area contributed by atoms with Gasteiger partial charge in [0.05, 0.1) is 10.5 Å². The standard InChI is InChI=1S/C13H20N2O3/c1-13(2,16)8-10-14-9-7-11-3-5-12(6-4-11)15(17)18/h3-6,14,16H,7-10H2,1-2H3. The lowest BCUT2D eigenvalue weighted by Crippen LogP contribution is -2.27. The van der Waals surface area contributed by atoms with Crippen LogP contribution in [-0.4, -0.2) is 28.7 Å². The molecule has 0 aromatic heterocycles. The molecular weight excluding hydrogens is 232 g/mol. The van der Waals surface area contributed by atoms with Crippen molar-refractivity contribution in [2.45, 2.75) is 32.3 Å². The SMILES string of the molecule is CC(C)(O)CCNCCc1ccc([N+](=O)[O-])cc1. The molecule has 0 atom stereocenters. The zero-order valence-corrected chi connectivity index (χ0v) is 10.8. The van der Waals surface area contributed by atoms with Crippen LogP contribution >= 0.6 is 0 Å². The minimum absolute atomic E-state index is 0.119. The first-order valence-electron chi connectivity index (χ1n) is 6.05. The van der Waals surface area contributed by atoms with Crippen LogP contribution in [-0.2, 0) is 6.42 Å². The predicted molar refractivity (Wildman–Crippen MR) is 70.6 cm³/mol. The number of hydrogen-bond acceptors (Lipinski definition) is 4. The molecule has 0 fully saturated rings. The van der Waals surface area contributed by atoms with Crippen molar-refractivity contribution in [2.24, 2.45) is 0 Å². The summed E-state index contributed by atoms with van der Waals surface area (Å²) >= 11 is 0. The van der Waals surface area contributed by atoms with Gasteiger partial charge >= 0.3 is 0 Å². The van der Waals surface area contributed by atoms with Crippen LogP contribution in [0, 0.1) is 10.1 Å². The quantitative estimate of drug-likeness (QED) is 0.441. The molecule has 1 rings (SSSR count). The van der Waals surface area contributed by atoms with Crippen molar-refractivity contribution in [1.82, 2.24) is 5.32 Å². The average molecular weight is 252 g/mol. The number of nitro groups is 1. The van der Waals surface area contributed by atoms with Crippen molar-refractivity contribution in [2.75, 3.05) is 13.1 Å². The summed E-state index contributed by atoms with van der Waals surface area (Å²) in [5, 5.41) is 23.2. The summed E-state index contributed by atoms with van der Waals surface area (Å²) in [6.07, 6.45) is 1.52. The van der Waals surface area contributed by atoms with Crippen molar-refractivity contribution >= 4 is 5.69 Å². The van der Waals surface area contributed by atoms with Crippen molar-refractivity contribution in [3.63, 3.8) is 0 Å². The molecule has 1 aromatic carbocycles. The van der Waals surface area contributed by atoms with E-state index in [0.29, 0.717) is 6.42 Å². The Morgan fingerprint density at radius 1 is 1.28 bits per heavy atom. The molecule has 1 aromatic rings. The summed E-state index contributed by atoms with van der Waals surface area (Å²) in [5.41, 5.74) is 0.547. The van der Waals surface area contributed by atoms with Gasteiger partial charge in [0.15, 0.2) is 0 Å². The Morgan fingerprint density at radius 2 is 1.89 bits per heavy atom. The fraction of sp³-hybridized carbons (Fsp3) is 0.538. The van der Waals surface area contributed by atoms with E-state index in [2.05, 4.69) is 5.32 Å². The van der Waals surface area contributed by atoms with Gasteiger partial charge in [-0.1, -0.05) is 12.1 Å². The highest BCUT2D eigenvalue weighted by atomic mass is 16.6. The number of non-ortho nitro benzene ring substituents is 1. The molecule has 0 aliphatic heterocycles.